The molecule has 1 aromatic heterocycles. The first-order valence-corrected chi connectivity index (χ1v) is 10.9. The first-order chi connectivity index (χ1) is 14.1. The minimum Gasteiger partial charge on any atom is -0.342 e. The average Bonchev–Trinajstić information content (AvgIpc) is 3.08. The summed E-state index contributed by atoms with van der Waals surface area (Å²) < 4.78 is 0. The fraction of sp³-hybridized carbons (Fsp3) is 0.500. The van der Waals surface area contributed by atoms with Crippen molar-refractivity contribution in [3.8, 4) is 11.3 Å². The number of nitrogens with one attached hydrogen (secondary N) is 1. The van der Waals surface area contributed by atoms with E-state index < -0.39 is 0 Å². The van der Waals surface area contributed by atoms with Crippen molar-refractivity contribution in [1.82, 2.24) is 20.0 Å². The third kappa shape index (κ3) is 4.47. The summed E-state index contributed by atoms with van der Waals surface area (Å²) in [6.07, 6.45) is 7.70. The van der Waals surface area contributed by atoms with Gasteiger partial charge in [-0.15, -0.1) is 0 Å². The van der Waals surface area contributed by atoms with Crippen LogP contribution in [0.1, 0.15) is 48.9 Å². The molecule has 0 unspecified atom stereocenters. The zero-order chi connectivity index (χ0) is 20.2. The predicted molar refractivity (Wildman–Crippen MR) is 113 cm³/mol. The molecule has 2 aromatic rings. The van der Waals surface area contributed by atoms with Gasteiger partial charge in [0.1, 0.15) is 0 Å². The molecule has 2 fully saturated rings. The normalized spacial score (nSPS) is 18.5. The van der Waals surface area contributed by atoms with E-state index in [4.69, 9.17) is 11.6 Å². The summed E-state index contributed by atoms with van der Waals surface area (Å²) in [4.78, 5) is 29.9. The number of H-pyrrole nitrogens is 1. The van der Waals surface area contributed by atoms with E-state index in [9.17, 15) is 9.59 Å². The third-order valence-corrected chi connectivity index (χ3v) is 6.30. The maximum Gasteiger partial charge on any atom is 0.257 e. The maximum absolute atomic E-state index is 13.1. The molecule has 7 heteroatoms. The van der Waals surface area contributed by atoms with Crippen LogP contribution >= 0.6 is 11.6 Å². The van der Waals surface area contributed by atoms with Crippen molar-refractivity contribution in [2.45, 2.75) is 38.5 Å². The van der Waals surface area contributed by atoms with Gasteiger partial charge in [0.2, 0.25) is 5.91 Å². The smallest absolute Gasteiger partial charge is 0.257 e. The maximum atomic E-state index is 13.1. The van der Waals surface area contributed by atoms with E-state index in [-0.39, 0.29) is 17.7 Å². The van der Waals surface area contributed by atoms with E-state index in [2.05, 4.69) is 10.2 Å². The molecule has 0 saturated carbocycles. The number of aromatic nitrogens is 2. The number of rotatable bonds is 3. The Morgan fingerprint density at radius 1 is 0.931 bits per heavy atom. The number of benzene rings is 1. The summed E-state index contributed by atoms with van der Waals surface area (Å²) in [5.41, 5.74) is 2.14. The summed E-state index contributed by atoms with van der Waals surface area (Å²) in [6, 6.07) is 7.34. The van der Waals surface area contributed by atoms with E-state index in [1.54, 1.807) is 18.3 Å². The molecule has 0 radical (unpaired) electrons. The Labute approximate surface area is 176 Å². The van der Waals surface area contributed by atoms with Gasteiger partial charge in [0, 0.05) is 42.7 Å². The predicted octanol–water partition coefficient (Wildman–Crippen LogP) is 3.98. The van der Waals surface area contributed by atoms with Crippen LogP contribution in [0.5, 0.6) is 0 Å². The van der Waals surface area contributed by atoms with Crippen LogP contribution in [0.25, 0.3) is 11.3 Å². The minimum atomic E-state index is -0.0376. The lowest BCUT2D eigenvalue weighted by Crippen LogP contribution is -2.44. The molecule has 1 N–H and O–H groups in total. The van der Waals surface area contributed by atoms with Crippen molar-refractivity contribution in [2.24, 2.45) is 5.92 Å². The van der Waals surface area contributed by atoms with Gasteiger partial charge in [0.05, 0.1) is 17.5 Å². The molecule has 0 spiro atoms. The molecule has 29 heavy (non-hydrogen) atoms. The summed E-state index contributed by atoms with van der Waals surface area (Å²) in [7, 11) is 0. The summed E-state index contributed by atoms with van der Waals surface area (Å²) in [5.74, 6) is 0.283. The molecule has 0 aliphatic carbocycles. The van der Waals surface area contributed by atoms with E-state index in [1.807, 2.05) is 21.9 Å². The highest BCUT2D eigenvalue weighted by Crippen LogP contribution is 2.27. The molecule has 1 aromatic carbocycles. The van der Waals surface area contributed by atoms with Crippen molar-refractivity contribution in [2.75, 3.05) is 26.2 Å². The van der Waals surface area contributed by atoms with Crippen LogP contribution < -0.4 is 0 Å². The Morgan fingerprint density at radius 3 is 2.24 bits per heavy atom. The monoisotopic (exact) mass is 414 g/mol. The van der Waals surface area contributed by atoms with Crippen molar-refractivity contribution in [3.05, 3.63) is 41.0 Å². The van der Waals surface area contributed by atoms with Crippen molar-refractivity contribution in [1.29, 1.82) is 0 Å². The van der Waals surface area contributed by atoms with Gasteiger partial charge < -0.3 is 9.80 Å². The zero-order valence-corrected chi connectivity index (χ0v) is 17.3. The number of halogens is 1. The van der Waals surface area contributed by atoms with Gasteiger partial charge in [0.25, 0.3) is 5.91 Å². The Morgan fingerprint density at radius 2 is 1.59 bits per heavy atom. The Kier molecular flexibility index (Phi) is 6.19. The number of nitrogens with zero attached hydrogens (tertiary/aromatic N) is 3. The van der Waals surface area contributed by atoms with Crippen molar-refractivity contribution < 1.29 is 9.59 Å². The molecule has 2 saturated heterocycles. The Hall–Kier alpha value is -2.34. The molecular formula is C22H27ClN4O2. The Balaban J connectivity index is 1.39. The van der Waals surface area contributed by atoms with Crippen molar-refractivity contribution in [3.63, 3.8) is 0 Å². The van der Waals surface area contributed by atoms with Crippen LogP contribution in [0.3, 0.4) is 0 Å². The molecule has 2 amide bonds. The van der Waals surface area contributed by atoms with E-state index in [0.29, 0.717) is 29.4 Å². The van der Waals surface area contributed by atoms with Gasteiger partial charge >= 0.3 is 0 Å². The van der Waals surface area contributed by atoms with Gasteiger partial charge in [-0.05, 0) is 37.8 Å². The second kappa shape index (κ2) is 8.99. The number of carbonyl (C=O) groups excluding carboxylic acids is 2. The number of likely N-dealkylation sites (tertiary alicyclic amines) is 2. The number of carbonyl (C=O) groups is 2. The molecule has 0 bridgehead atoms. The molecule has 2 aliphatic heterocycles. The van der Waals surface area contributed by atoms with Crippen LogP contribution in [0, 0.1) is 5.92 Å². The van der Waals surface area contributed by atoms with Crippen molar-refractivity contribution >= 4 is 23.4 Å². The summed E-state index contributed by atoms with van der Waals surface area (Å²) >= 11 is 5.97. The molecule has 2 aliphatic rings. The van der Waals surface area contributed by atoms with Gasteiger partial charge in [-0.2, -0.15) is 5.10 Å². The molecule has 4 rings (SSSR count). The highest BCUT2D eigenvalue weighted by atomic mass is 35.5. The number of aromatic amines is 1. The fourth-order valence-electron chi connectivity index (χ4n) is 4.33. The third-order valence-electron chi connectivity index (χ3n) is 6.05. The number of piperidine rings is 1. The first-order valence-electron chi connectivity index (χ1n) is 10.5. The van der Waals surface area contributed by atoms with E-state index in [1.165, 1.54) is 12.8 Å². The van der Waals surface area contributed by atoms with Gasteiger partial charge in [-0.3, -0.25) is 14.7 Å². The standard InChI is InChI=1S/C22H27ClN4O2/c23-18-7-5-16(6-8-18)20-19(15-24-25-20)22(29)27-13-9-17(10-14-27)21(28)26-11-3-1-2-4-12-26/h5-8,15,17H,1-4,9-14H2,(H,24,25). The van der Waals surface area contributed by atoms with E-state index in [0.717, 1.165) is 44.3 Å². The SMILES string of the molecule is O=C(c1cn[nH]c1-c1ccc(Cl)cc1)N1CCC(C(=O)N2CCCCCC2)CC1. The second-order valence-corrected chi connectivity index (χ2v) is 8.41. The molecule has 0 atom stereocenters. The lowest BCUT2D eigenvalue weighted by molar-refractivity contribution is -0.136. The topological polar surface area (TPSA) is 69.3 Å². The first kappa shape index (κ1) is 20.0. The molecular weight excluding hydrogens is 388 g/mol. The minimum absolute atomic E-state index is 0.0376. The fourth-order valence-corrected chi connectivity index (χ4v) is 4.46. The molecule has 3 heterocycles. The van der Waals surface area contributed by atoms with Gasteiger partial charge in [-0.1, -0.05) is 36.6 Å². The van der Waals surface area contributed by atoms with Crippen LogP contribution in [0.15, 0.2) is 30.5 Å². The highest BCUT2D eigenvalue weighted by Gasteiger charge is 2.31. The van der Waals surface area contributed by atoms with E-state index >= 15 is 0 Å². The van der Waals surface area contributed by atoms with Gasteiger partial charge in [0.15, 0.2) is 0 Å². The molecule has 154 valence electrons. The quantitative estimate of drug-likeness (QED) is 0.825. The van der Waals surface area contributed by atoms with Crippen LogP contribution in [0.2, 0.25) is 5.02 Å². The second-order valence-electron chi connectivity index (χ2n) is 7.97. The Bertz CT molecular complexity index is 848. The van der Waals surface area contributed by atoms with Gasteiger partial charge in [-0.25, -0.2) is 0 Å². The number of hydrogen-bond donors (Lipinski definition) is 1. The van der Waals surface area contributed by atoms with Crippen LogP contribution in [-0.2, 0) is 4.79 Å². The zero-order valence-electron chi connectivity index (χ0n) is 16.6. The number of hydrogen-bond acceptors (Lipinski definition) is 3. The molecule has 6 nitrogen and oxygen atoms in total. The summed E-state index contributed by atoms with van der Waals surface area (Å²) in [5, 5.41) is 7.67. The lowest BCUT2D eigenvalue weighted by atomic mass is 9.94. The lowest BCUT2D eigenvalue weighted by Gasteiger charge is -2.34. The van der Waals surface area contributed by atoms with Crippen LogP contribution in [-0.4, -0.2) is 58.0 Å². The highest BCUT2D eigenvalue weighted by molar-refractivity contribution is 6.30. The average molecular weight is 415 g/mol. The largest absolute Gasteiger partial charge is 0.342 e. The number of amides is 2. The summed E-state index contributed by atoms with van der Waals surface area (Å²) in [6.45, 7) is 2.98. The van der Waals surface area contributed by atoms with Crippen LogP contribution in [0.4, 0.5) is 0 Å².